The molecule has 7 heteroatoms. The minimum atomic E-state index is -0.404. The van der Waals surface area contributed by atoms with E-state index in [0.717, 1.165) is 28.5 Å². The fourth-order valence-corrected chi connectivity index (χ4v) is 2.24. The molecule has 0 unspecified atom stereocenters. The summed E-state index contributed by atoms with van der Waals surface area (Å²) >= 11 is 0. The molecule has 4 rings (SSSR count). The molecule has 0 amide bonds. The van der Waals surface area contributed by atoms with E-state index in [2.05, 4.69) is 25.7 Å². The Hall–Kier alpha value is -2.96. The number of rotatable bonds is 2. The quantitative estimate of drug-likeness (QED) is 0.590. The number of fused-ring (bicyclic) bond motifs is 2. The van der Waals surface area contributed by atoms with Crippen molar-refractivity contribution < 1.29 is 8.91 Å². The van der Waals surface area contributed by atoms with E-state index >= 15 is 0 Å². The Labute approximate surface area is 118 Å². The lowest BCUT2D eigenvalue weighted by molar-refractivity contribution is 0.450. The molecule has 0 saturated heterocycles. The van der Waals surface area contributed by atoms with Crippen LogP contribution < -0.4 is 5.32 Å². The third kappa shape index (κ3) is 1.90. The van der Waals surface area contributed by atoms with Crippen molar-refractivity contribution in [3.05, 3.63) is 42.0 Å². The predicted molar refractivity (Wildman–Crippen MR) is 75.9 cm³/mol. The number of hydrogen-bond acceptors (Lipinski definition) is 5. The molecule has 3 aromatic heterocycles. The van der Waals surface area contributed by atoms with Crippen molar-refractivity contribution in [3.8, 4) is 0 Å². The maximum Gasteiger partial charge on any atom is 0.178 e. The van der Waals surface area contributed by atoms with E-state index in [1.54, 1.807) is 0 Å². The van der Waals surface area contributed by atoms with Crippen LogP contribution >= 0.6 is 0 Å². The van der Waals surface area contributed by atoms with Crippen LogP contribution in [0.25, 0.3) is 22.0 Å². The van der Waals surface area contributed by atoms with Gasteiger partial charge in [-0.25, -0.2) is 9.37 Å². The number of halogens is 1. The van der Waals surface area contributed by atoms with Gasteiger partial charge in [0.2, 0.25) is 0 Å². The van der Waals surface area contributed by atoms with E-state index in [1.807, 2.05) is 25.1 Å². The molecule has 0 atom stereocenters. The molecule has 2 N–H and O–H groups in total. The smallest absolute Gasteiger partial charge is 0.178 e. The molecule has 1 aromatic carbocycles. The maximum absolute atomic E-state index is 13.1. The molecule has 0 spiro atoms. The SMILES string of the molecule is Cc1noc2ccc(Nc3n[nH]c4cc(F)cnc34)cc12. The maximum atomic E-state index is 13.1. The molecule has 6 nitrogen and oxygen atoms in total. The predicted octanol–water partition coefficient (Wildman–Crippen LogP) is 3.29. The van der Waals surface area contributed by atoms with Gasteiger partial charge in [0, 0.05) is 17.1 Å². The summed E-state index contributed by atoms with van der Waals surface area (Å²) in [7, 11) is 0. The number of aryl methyl sites for hydroxylation is 1. The number of nitrogens with one attached hydrogen (secondary N) is 2. The zero-order valence-corrected chi connectivity index (χ0v) is 11.0. The number of hydrogen-bond donors (Lipinski definition) is 2. The van der Waals surface area contributed by atoms with Gasteiger partial charge in [-0.1, -0.05) is 5.16 Å². The third-order valence-electron chi connectivity index (χ3n) is 3.28. The van der Waals surface area contributed by atoms with Crippen molar-refractivity contribution in [3.63, 3.8) is 0 Å². The highest BCUT2D eigenvalue weighted by atomic mass is 19.1. The van der Waals surface area contributed by atoms with Crippen LogP contribution in [0.3, 0.4) is 0 Å². The van der Waals surface area contributed by atoms with Crippen LogP contribution in [0.5, 0.6) is 0 Å². The van der Waals surface area contributed by atoms with E-state index in [0.29, 0.717) is 16.9 Å². The molecular weight excluding hydrogens is 273 g/mol. The molecule has 3 heterocycles. The minimum Gasteiger partial charge on any atom is -0.356 e. The molecule has 4 aromatic rings. The first kappa shape index (κ1) is 11.8. The summed E-state index contributed by atoms with van der Waals surface area (Å²) in [5.41, 5.74) is 3.50. The molecule has 0 bridgehead atoms. The van der Waals surface area contributed by atoms with Crippen molar-refractivity contribution in [2.75, 3.05) is 5.32 Å². The topological polar surface area (TPSA) is 79.6 Å². The number of aromatic amines is 1. The number of H-pyrrole nitrogens is 1. The second-order valence-corrected chi connectivity index (χ2v) is 4.73. The van der Waals surface area contributed by atoms with E-state index < -0.39 is 5.82 Å². The lowest BCUT2D eigenvalue weighted by Crippen LogP contribution is -1.92. The van der Waals surface area contributed by atoms with E-state index in [-0.39, 0.29) is 0 Å². The van der Waals surface area contributed by atoms with Crippen molar-refractivity contribution in [2.45, 2.75) is 6.92 Å². The highest BCUT2D eigenvalue weighted by Gasteiger charge is 2.10. The zero-order valence-electron chi connectivity index (χ0n) is 11.0. The first-order valence-electron chi connectivity index (χ1n) is 6.33. The number of aromatic nitrogens is 4. The first-order valence-corrected chi connectivity index (χ1v) is 6.33. The van der Waals surface area contributed by atoms with Crippen molar-refractivity contribution >= 4 is 33.5 Å². The summed E-state index contributed by atoms with van der Waals surface area (Å²) in [6, 6.07) is 6.97. The van der Waals surface area contributed by atoms with Gasteiger partial charge in [0.15, 0.2) is 11.4 Å². The Kier molecular flexibility index (Phi) is 2.41. The molecule has 0 aliphatic carbocycles. The Balaban J connectivity index is 1.77. The minimum absolute atomic E-state index is 0.404. The van der Waals surface area contributed by atoms with Gasteiger partial charge in [-0.2, -0.15) is 5.10 Å². The zero-order chi connectivity index (χ0) is 14.4. The van der Waals surface area contributed by atoms with Crippen LogP contribution in [-0.2, 0) is 0 Å². The summed E-state index contributed by atoms with van der Waals surface area (Å²) in [5, 5.41) is 14.9. The molecule has 0 aliphatic heterocycles. The van der Waals surface area contributed by atoms with Crippen LogP contribution in [0.2, 0.25) is 0 Å². The number of anilines is 2. The van der Waals surface area contributed by atoms with Crippen LogP contribution in [0.15, 0.2) is 35.0 Å². The normalized spacial score (nSPS) is 11.3. The number of pyridine rings is 1. The summed E-state index contributed by atoms with van der Waals surface area (Å²) in [6.07, 6.45) is 1.16. The highest BCUT2D eigenvalue weighted by molar-refractivity contribution is 5.89. The van der Waals surface area contributed by atoms with Gasteiger partial charge in [0.05, 0.1) is 17.4 Å². The lowest BCUT2D eigenvalue weighted by atomic mass is 10.2. The molecule has 104 valence electrons. The third-order valence-corrected chi connectivity index (χ3v) is 3.28. The van der Waals surface area contributed by atoms with Crippen LogP contribution in [0.1, 0.15) is 5.69 Å². The Morgan fingerprint density at radius 3 is 3.10 bits per heavy atom. The standard InChI is InChI=1S/C14H10FN5O/c1-7-10-5-9(2-3-12(10)21-20-7)17-14-13-11(18-19-14)4-8(15)6-16-13/h2-6H,1H3,(H2,17,18,19). The van der Waals surface area contributed by atoms with E-state index in [4.69, 9.17) is 4.52 Å². The van der Waals surface area contributed by atoms with Gasteiger partial charge in [-0.15, -0.1) is 0 Å². The fourth-order valence-electron chi connectivity index (χ4n) is 2.24. The molecule has 21 heavy (non-hydrogen) atoms. The van der Waals surface area contributed by atoms with E-state index in [9.17, 15) is 4.39 Å². The average Bonchev–Trinajstić information content (AvgIpc) is 3.04. The molecular formula is C14H10FN5O. The summed E-state index contributed by atoms with van der Waals surface area (Å²) in [5.74, 6) is 0.137. The Bertz CT molecular complexity index is 958. The van der Waals surface area contributed by atoms with Crippen LogP contribution in [-0.4, -0.2) is 20.3 Å². The van der Waals surface area contributed by atoms with Gasteiger partial charge in [0.25, 0.3) is 0 Å². The summed E-state index contributed by atoms with van der Waals surface area (Å²) < 4.78 is 18.3. The molecule has 0 saturated carbocycles. The Morgan fingerprint density at radius 1 is 1.29 bits per heavy atom. The van der Waals surface area contributed by atoms with Gasteiger partial charge in [0.1, 0.15) is 11.3 Å². The Morgan fingerprint density at radius 2 is 2.19 bits per heavy atom. The fraction of sp³-hybridized carbons (Fsp3) is 0.0714. The highest BCUT2D eigenvalue weighted by Crippen LogP contribution is 2.26. The second-order valence-electron chi connectivity index (χ2n) is 4.73. The van der Waals surface area contributed by atoms with Gasteiger partial charge < -0.3 is 9.84 Å². The van der Waals surface area contributed by atoms with Gasteiger partial charge in [-0.3, -0.25) is 5.10 Å². The number of benzene rings is 1. The molecule has 0 aliphatic rings. The van der Waals surface area contributed by atoms with Crippen molar-refractivity contribution in [1.29, 1.82) is 0 Å². The first-order chi connectivity index (χ1) is 10.2. The largest absolute Gasteiger partial charge is 0.356 e. The van der Waals surface area contributed by atoms with Crippen molar-refractivity contribution in [2.24, 2.45) is 0 Å². The summed E-state index contributed by atoms with van der Waals surface area (Å²) in [6.45, 7) is 1.88. The van der Waals surface area contributed by atoms with Gasteiger partial charge >= 0.3 is 0 Å². The molecule has 0 radical (unpaired) electrons. The van der Waals surface area contributed by atoms with Crippen LogP contribution in [0.4, 0.5) is 15.9 Å². The average molecular weight is 283 g/mol. The monoisotopic (exact) mass is 283 g/mol. The van der Waals surface area contributed by atoms with Crippen LogP contribution in [0, 0.1) is 12.7 Å². The second kappa shape index (κ2) is 4.27. The molecule has 0 fully saturated rings. The van der Waals surface area contributed by atoms with E-state index in [1.165, 1.54) is 6.07 Å². The van der Waals surface area contributed by atoms with Crippen molar-refractivity contribution in [1.82, 2.24) is 20.3 Å². The lowest BCUT2D eigenvalue weighted by Gasteiger charge is -2.02. The van der Waals surface area contributed by atoms with Gasteiger partial charge in [-0.05, 0) is 25.1 Å². The number of nitrogens with zero attached hydrogens (tertiary/aromatic N) is 3. The summed E-state index contributed by atoms with van der Waals surface area (Å²) in [4.78, 5) is 4.04.